The van der Waals surface area contributed by atoms with Gasteiger partial charge in [-0.15, -0.1) is 0 Å². The number of carboxylic acid groups (broad SMARTS) is 1. The van der Waals surface area contributed by atoms with E-state index in [1.165, 1.54) is 0 Å². The van der Waals surface area contributed by atoms with Crippen LogP contribution in [0.2, 0.25) is 0 Å². The third-order valence-electron chi connectivity index (χ3n) is 3.17. The molecule has 0 saturated heterocycles. The summed E-state index contributed by atoms with van der Waals surface area (Å²) < 4.78 is 13.3. The lowest BCUT2D eigenvalue weighted by atomic mass is 9.75. The highest BCUT2D eigenvalue weighted by Gasteiger charge is 2.55. The van der Waals surface area contributed by atoms with E-state index in [0.717, 1.165) is 0 Å². The fourth-order valence-corrected chi connectivity index (χ4v) is 2.03. The minimum Gasteiger partial charge on any atom is -0.479 e. The van der Waals surface area contributed by atoms with Gasteiger partial charge in [0.25, 0.3) is 0 Å². The first-order valence-corrected chi connectivity index (χ1v) is 4.40. The minimum atomic E-state index is -2.18. The highest BCUT2D eigenvalue weighted by molar-refractivity contribution is 5.74. The number of hydrogen-bond acceptors (Lipinski definition) is 2. The van der Waals surface area contributed by atoms with Crippen LogP contribution in [-0.4, -0.2) is 28.0 Å². The zero-order chi connectivity index (χ0) is 10.3. The van der Waals surface area contributed by atoms with Crippen molar-refractivity contribution in [1.82, 2.24) is 0 Å². The Bertz CT molecular complexity index is 227. The van der Waals surface area contributed by atoms with Gasteiger partial charge >= 0.3 is 5.97 Å². The summed E-state index contributed by atoms with van der Waals surface area (Å²) >= 11 is 0. The number of aliphatic hydroxyl groups is 1. The summed E-state index contributed by atoms with van der Waals surface area (Å²) in [6.07, 6.45) is -0.605. The van der Waals surface area contributed by atoms with Gasteiger partial charge in [0.1, 0.15) is 5.60 Å². The molecule has 13 heavy (non-hydrogen) atoms. The van der Waals surface area contributed by atoms with E-state index in [1.54, 1.807) is 13.8 Å². The molecular weight excluding hydrogens is 175 g/mol. The number of carboxylic acids is 1. The van der Waals surface area contributed by atoms with Gasteiger partial charge in [-0.2, -0.15) is 0 Å². The monoisotopic (exact) mass is 190 g/mol. The van der Waals surface area contributed by atoms with Gasteiger partial charge in [0.15, 0.2) is 0 Å². The van der Waals surface area contributed by atoms with E-state index in [1.807, 2.05) is 0 Å². The van der Waals surface area contributed by atoms with Crippen molar-refractivity contribution in [1.29, 1.82) is 0 Å². The molecule has 1 saturated carbocycles. The second-order valence-electron chi connectivity index (χ2n) is 4.36. The lowest BCUT2D eigenvalue weighted by Gasteiger charge is -2.37. The SMILES string of the molecule is CC1(C)CCCC1(O)C(F)C(=O)O. The fraction of sp³-hybridized carbons (Fsp3) is 0.889. The standard InChI is InChI=1S/C9H15FO3/c1-8(2)4-3-5-9(8,13)6(10)7(11)12/h6,13H,3-5H2,1-2H3,(H,11,12). The molecule has 0 aromatic carbocycles. The van der Waals surface area contributed by atoms with Crippen LogP contribution in [0.4, 0.5) is 4.39 Å². The fourth-order valence-electron chi connectivity index (χ4n) is 2.03. The van der Waals surface area contributed by atoms with Crippen molar-refractivity contribution in [3.63, 3.8) is 0 Å². The second-order valence-corrected chi connectivity index (χ2v) is 4.36. The number of rotatable bonds is 2. The Labute approximate surface area is 76.6 Å². The van der Waals surface area contributed by atoms with Crippen LogP contribution < -0.4 is 0 Å². The zero-order valence-electron chi connectivity index (χ0n) is 7.88. The maximum absolute atomic E-state index is 13.3. The Morgan fingerprint density at radius 1 is 1.46 bits per heavy atom. The van der Waals surface area contributed by atoms with Crippen LogP contribution in [0.1, 0.15) is 33.1 Å². The molecule has 0 bridgehead atoms. The first-order valence-electron chi connectivity index (χ1n) is 4.40. The normalized spacial score (nSPS) is 34.5. The van der Waals surface area contributed by atoms with Gasteiger partial charge in [-0.1, -0.05) is 13.8 Å². The molecule has 4 heteroatoms. The lowest BCUT2D eigenvalue weighted by Crippen LogP contribution is -2.51. The summed E-state index contributed by atoms with van der Waals surface area (Å²) in [5.74, 6) is -1.57. The Balaban J connectivity index is 2.93. The molecule has 3 nitrogen and oxygen atoms in total. The van der Waals surface area contributed by atoms with Crippen LogP contribution in [-0.2, 0) is 4.79 Å². The highest BCUT2D eigenvalue weighted by atomic mass is 19.1. The minimum absolute atomic E-state index is 0.230. The predicted octanol–water partition coefficient (Wildman–Crippen LogP) is 1.35. The summed E-state index contributed by atoms with van der Waals surface area (Å²) in [7, 11) is 0. The van der Waals surface area contributed by atoms with E-state index in [4.69, 9.17) is 5.11 Å². The van der Waals surface area contributed by atoms with E-state index in [2.05, 4.69) is 0 Å². The third kappa shape index (κ3) is 1.43. The van der Waals surface area contributed by atoms with Gasteiger partial charge in [-0.25, -0.2) is 9.18 Å². The van der Waals surface area contributed by atoms with Gasteiger partial charge in [-0.3, -0.25) is 0 Å². The number of alkyl halides is 1. The summed E-state index contributed by atoms with van der Waals surface area (Å²) in [5, 5.41) is 18.4. The van der Waals surface area contributed by atoms with E-state index in [-0.39, 0.29) is 6.42 Å². The van der Waals surface area contributed by atoms with E-state index in [9.17, 15) is 14.3 Å². The topological polar surface area (TPSA) is 57.5 Å². The van der Waals surface area contributed by atoms with Crippen molar-refractivity contribution < 1.29 is 19.4 Å². The van der Waals surface area contributed by atoms with Gasteiger partial charge < -0.3 is 10.2 Å². The molecule has 2 atom stereocenters. The number of carbonyl (C=O) groups is 1. The average Bonchev–Trinajstić information content (AvgIpc) is 2.26. The molecule has 0 heterocycles. The first-order chi connectivity index (χ1) is 5.81. The molecule has 1 aliphatic rings. The summed E-state index contributed by atoms with van der Waals surface area (Å²) in [6, 6.07) is 0. The Hall–Kier alpha value is -0.640. The maximum Gasteiger partial charge on any atom is 0.341 e. The van der Waals surface area contributed by atoms with Crippen LogP contribution in [0.15, 0.2) is 0 Å². The largest absolute Gasteiger partial charge is 0.479 e. The molecule has 1 fully saturated rings. The van der Waals surface area contributed by atoms with Gasteiger partial charge in [0.2, 0.25) is 6.17 Å². The molecule has 76 valence electrons. The number of hydrogen-bond donors (Lipinski definition) is 2. The first kappa shape index (κ1) is 10.4. The summed E-state index contributed by atoms with van der Waals surface area (Å²) in [4.78, 5) is 10.4. The zero-order valence-corrected chi connectivity index (χ0v) is 7.88. The van der Waals surface area contributed by atoms with Crippen molar-refractivity contribution in [3.8, 4) is 0 Å². The molecule has 1 aliphatic carbocycles. The molecule has 2 unspecified atom stereocenters. The quantitative estimate of drug-likeness (QED) is 0.691. The highest BCUT2D eigenvalue weighted by Crippen LogP contribution is 2.48. The predicted molar refractivity (Wildman–Crippen MR) is 45.1 cm³/mol. The summed E-state index contributed by atoms with van der Waals surface area (Å²) in [6.45, 7) is 3.41. The van der Waals surface area contributed by atoms with Crippen molar-refractivity contribution in [2.24, 2.45) is 5.41 Å². The smallest absolute Gasteiger partial charge is 0.341 e. The number of halogens is 1. The van der Waals surface area contributed by atoms with Crippen LogP contribution in [0.3, 0.4) is 0 Å². The molecule has 0 amide bonds. The Morgan fingerprint density at radius 2 is 2.00 bits per heavy atom. The lowest BCUT2D eigenvalue weighted by molar-refractivity contribution is -0.164. The maximum atomic E-state index is 13.3. The van der Waals surface area contributed by atoms with E-state index >= 15 is 0 Å². The Morgan fingerprint density at radius 3 is 2.31 bits per heavy atom. The molecule has 0 aliphatic heterocycles. The molecule has 0 aromatic heterocycles. The van der Waals surface area contributed by atoms with E-state index in [0.29, 0.717) is 12.8 Å². The van der Waals surface area contributed by atoms with Crippen molar-refractivity contribution >= 4 is 5.97 Å². The average molecular weight is 190 g/mol. The van der Waals surface area contributed by atoms with Crippen LogP contribution in [0.5, 0.6) is 0 Å². The van der Waals surface area contributed by atoms with Gasteiger partial charge in [0, 0.05) is 0 Å². The Kier molecular flexibility index (Phi) is 2.36. The van der Waals surface area contributed by atoms with Crippen molar-refractivity contribution in [3.05, 3.63) is 0 Å². The van der Waals surface area contributed by atoms with Gasteiger partial charge in [0.05, 0.1) is 0 Å². The second kappa shape index (κ2) is 2.94. The van der Waals surface area contributed by atoms with Crippen molar-refractivity contribution in [2.45, 2.75) is 44.9 Å². The molecule has 0 aromatic rings. The van der Waals surface area contributed by atoms with Gasteiger partial charge in [-0.05, 0) is 24.7 Å². The third-order valence-corrected chi connectivity index (χ3v) is 3.17. The van der Waals surface area contributed by atoms with E-state index < -0.39 is 23.2 Å². The van der Waals surface area contributed by atoms with Crippen LogP contribution >= 0.6 is 0 Å². The van der Waals surface area contributed by atoms with Crippen LogP contribution in [0, 0.1) is 5.41 Å². The molecule has 1 rings (SSSR count). The molecular formula is C9H15FO3. The van der Waals surface area contributed by atoms with Crippen molar-refractivity contribution in [2.75, 3.05) is 0 Å². The molecule has 0 spiro atoms. The van der Waals surface area contributed by atoms with Crippen LogP contribution in [0.25, 0.3) is 0 Å². The molecule has 2 N–H and O–H groups in total. The molecule has 0 radical (unpaired) electrons. The summed E-state index contributed by atoms with van der Waals surface area (Å²) in [5.41, 5.74) is -2.34. The number of aliphatic carboxylic acids is 1.